The molecule has 2 aromatic rings. The highest BCUT2D eigenvalue weighted by atomic mass is 16.5. The van der Waals surface area contributed by atoms with Gasteiger partial charge in [0.1, 0.15) is 0 Å². The summed E-state index contributed by atoms with van der Waals surface area (Å²) < 4.78 is 5.38. The monoisotopic (exact) mass is 315 g/mol. The predicted molar refractivity (Wildman–Crippen MR) is 88.1 cm³/mol. The molecule has 1 fully saturated rings. The maximum atomic E-state index is 9.67. The molecule has 23 heavy (non-hydrogen) atoms. The lowest BCUT2D eigenvalue weighted by Crippen LogP contribution is -2.37. The van der Waals surface area contributed by atoms with E-state index in [0.29, 0.717) is 12.0 Å². The van der Waals surface area contributed by atoms with E-state index in [0.717, 1.165) is 49.4 Å². The molecule has 1 saturated carbocycles. The Morgan fingerprint density at radius 1 is 1.22 bits per heavy atom. The number of hydrogen-bond acceptors (Lipinski definition) is 5. The van der Waals surface area contributed by atoms with Crippen molar-refractivity contribution in [2.45, 2.75) is 57.0 Å². The van der Waals surface area contributed by atoms with E-state index in [4.69, 9.17) is 4.52 Å². The van der Waals surface area contributed by atoms with Crippen LogP contribution in [0.2, 0.25) is 0 Å². The van der Waals surface area contributed by atoms with Crippen molar-refractivity contribution >= 4 is 0 Å². The van der Waals surface area contributed by atoms with Gasteiger partial charge >= 0.3 is 0 Å². The maximum Gasteiger partial charge on any atom is 0.229 e. The van der Waals surface area contributed by atoms with Crippen LogP contribution in [0.5, 0.6) is 0 Å². The average Bonchev–Trinajstić information content (AvgIpc) is 3.10. The van der Waals surface area contributed by atoms with Gasteiger partial charge in [-0.1, -0.05) is 42.4 Å². The molecule has 1 aromatic heterocycles. The minimum Gasteiger partial charge on any atom is -0.394 e. The standard InChI is InChI=1S/C18H25N3O2/c1-2-17-20-18(23-21-17)14-8-10-15(11-9-14)19-16(12-22)13-6-4-3-5-7-13/h3-7,14-16,19,22H,2,8-12H2,1H3. The molecule has 1 aliphatic carbocycles. The van der Waals surface area contributed by atoms with Crippen LogP contribution in [0.3, 0.4) is 0 Å². The number of aromatic nitrogens is 2. The third kappa shape index (κ3) is 3.98. The molecular weight excluding hydrogens is 290 g/mol. The first kappa shape index (κ1) is 16.1. The summed E-state index contributed by atoms with van der Waals surface area (Å²) in [6.07, 6.45) is 5.05. The smallest absolute Gasteiger partial charge is 0.229 e. The van der Waals surface area contributed by atoms with Crippen LogP contribution in [0.25, 0.3) is 0 Å². The van der Waals surface area contributed by atoms with Crippen LogP contribution in [0.15, 0.2) is 34.9 Å². The number of nitrogens with zero attached hydrogens (tertiary/aromatic N) is 2. The van der Waals surface area contributed by atoms with Gasteiger partial charge in [0.25, 0.3) is 0 Å². The molecule has 3 rings (SSSR count). The molecule has 0 spiro atoms. The van der Waals surface area contributed by atoms with Crippen molar-refractivity contribution in [1.82, 2.24) is 15.5 Å². The fourth-order valence-corrected chi connectivity index (χ4v) is 3.31. The van der Waals surface area contributed by atoms with Crippen molar-refractivity contribution in [3.63, 3.8) is 0 Å². The molecule has 5 heteroatoms. The number of aryl methyl sites for hydroxylation is 1. The number of nitrogens with one attached hydrogen (secondary N) is 1. The van der Waals surface area contributed by atoms with Crippen molar-refractivity contribution in [3.8, 4) is 0 Å². The summed E-state index contributed by atoms with van der Waals surface area (Å²) >= 11 is 0. The first-order valence-corrected chi connectivity index (χ1v) is 8.54. The fraction of sp³-hybridized carbons (Fsp3) is 0.556. The van der Waals surface area contributed by atoms with Crippen LogP contribution < -0.4 is 5.32 Å². The topological polar surface area (TPSA) is 71.2 Å². The zero-order valence-electron chi connectivity index (χ0n) is 13.6. The highest BCUT2D eigenvalue weighted by Gasteiger charge is 2.27. The Balaban J connectivity index is 1.54. The van der Waals surface area contributed by atoms with Crippen molar-refractivity contribution in [2.75, 3.05) is 6.61 Å². The van der Waals surface area contributed by atoms with E-state index < -0.39 is 0 Å². The molecule has 0 radical (unpaired) electrons. The molecular formula is C18H25N3O2. The highest BCUT2D eigenvalue weighted by Crippen LogP contribution is 2.32. The molecule has 1 aromatic carbocycles. The van der Waals surface area contributed by atoms with Gasteiger partial charge in [-0.05, 0) is 31.2 Å². The number of aliphatic hydroxyl groups is 1. The SMILES string of the molecule is CCc1noc(C2CCC(NC(CO)c3ccccc3)CC2)n1. The Morgan fingerprint density at radius 3 is 2.57 bits per heavy atom. The summed E-state index contributed by atoms with van der Waals surface area (Å²) in [4.78, 5) is 4.46. The molecule has 1 aliphatic rings. The second-order valence-electron chi connectivity index (χ2n) is 6.26. The van der Waals surface area contributed by atoms with Gasteiger partial charge < -0.3 is 14.9 Å². The number of aliphatic hydroxyl groups excluding tert-OH is 1. The highest BCUT2D eigenvalue weighted by molar-refractivity contribution is 5.19. The van der Waals surface area contributed by atoms with Gasteiger partial charge in [-0.3, -0.25) is 0 Å². The largest absolute Gasteiger partial charge is 0.394 e. The lowest BCUT2D eigenvalue weighted by Gasteiger charge is -2.30. The zero-order valence-corrected chi connectivity index (χ0v) is 13.6. The van der Waals surface area contributed by atoms with E-state index >= 15 is 0 Å². The number of benzene rings is 1. The summed E-state index contributed by atoms with van der Waals surface area (Å²) in [6, 6.07) is 10.6. The third-order valence-electron chi connectivity index (χ3n) is 4.70. The van der Waals surface area contributed by atoms with Gasteiger partial charge in [0.2, 0.25) is 5.89 Å². The van der Waals surface area contributed by atoms with Crippen molar-refractivity contribution < 1.29 is 9.63 Å². The Kier molecular flexibility index (Phi) is 5.41. The molecule has 0 amide bonds. The van der Waals surface area contributed by atoms with Crippen LogP contribution >= 0.6 is 0 Å². The predicted octanol–water partition coefficient (Wildman–Crippen LogP) is 2.98. The quantitative estimate of drug-likeness (QED) is 0.857. The van der Waals surface area contributed by atoms with E-state index in [9.17, 15) is 5.11 Å². The van der Waals surface area contributed by atoms with Crippen LogP contribution in [0.4, 0.5) is 0 Å². The van der Waals surface area contributed by atoms with Crippen molar-refractivity contribution in [3.05, 3.63) is 47.6 Å². The molecule has 5 nitrogen and oxygen atoms in total. The fourth-order valence-electron chi connectivity index (χ4n) is 3.31. The molecule has 0 saturated heterocycles. The molecule has 1 heterocycles. The van der Waals surface area contributed by atoms with Crippen LogP contribution in [0.1, 0.15) is 61.8 Å². The molecule has 2 N–H and O–H groups in total. The van der Waals surface area contributed by atoms with Gasteiger partial charge in [-0.15, -0.1) is 0 Å². The lowest BCUT2D eigenvalue weighted by atomic mass is 9.85. The van der Waals surface area contributed by atoms with E-state index in [1.165, 1.54) is 0 Å². The second-order valence-corrected chi connectivity index (χ2v) is 6.26. The van der Waals surface area contributed by atoms with E-state index in [1.807, 2.05) is 25.1 Å². The first-order chi connectivity index (χ1) is 11.3. The lowest BCUT2D eigenvalue weighted by molar-refractivity contribution is 0.211. The van der Waals surface area contributed by atoms with Crippen LogP contribution in [-0.2, 0) is 6.42 Å². The third-order valence-corrected chi connectivity index (χ3v) is 4.70. The van der Waals surface area contributed by atoms with Gasteiger partial charge in [-0.2, -0.15) is 4.98 Å². The number of rotatable bonds is 6. The molecule has 1 unspecified atom stereocenters. The minimum absolute atomic E-state index is 0.00727. The summed E-state index contributed by atoms with van der Waals surface area (Å²) in [5.41, 5.74) is 1.14. The molecule has 124 valence electrons. The van der Waals surface area contributed by atoms with Gasteiger partial charge in [-0.25, -0.2) is 0 Å². The summed E-state index contributed by atoms with van der Waals surface area (Å²) in [7, 11) is 0. The Labute approximate surface area is 137 Å². The first-order valence-electron chi connectivity index (χ1n) is 8.54. The summed E-state index contributed by atoms with van der Waals surface area (Å²) in [5, 5.41) is 17.3. The Bertz CT molecular complexity index is 591. The number of hydrogen-bond donors (Lipinski definition) is 2. The zero-order chi connectivity index (χ0) is 16.1. The Hall–Kier alpha value is -1.72. The van der Waals surface area contributed by atoms with E-state index in [-0.39, 0.29) is 12.6 Å². The maximum absolute atomic E-state index is 9.67. The van der Waals surface area contributed by atoms with Crippen molar-refractivity contribution in [2.24, 2.45) is 0 Å². The van der Waals surface area contributed by atoms with Crippen LogP contribution in [-0.4, -0.2) is 27.9 Å². The summed E-state index contributed by atoms with van der Waals surface area (Å²) in [6.45, 7) is 2.15. The molecule has 0 aliphatic heterocycles. The molecule has 1 atom stereocenters. The normalized spacial score (nSPS) is 22.9. The van der Waals surface area contributed by atoms with Gasteiger partial charge in [0.15, 0.2) is 5.82 Å². The second kappa shape index (κ2) is 7.70. The molecule has 0 bridgehead atoms. The Morgan fingerprint density at radius 2 is 1.96 bits per heavy atom. The van der Waals surface area contributed by atoms with Crippen LogP contribution in [0, 0.1) is 0 Å². The summed E-state index contributed by atoms with van der Waals surface area (Å²) in [5.74, 6) is 1.97. The minimum atomic E-state index is 0.00727. The van der Waals surface area contributed by atoms with E-state index in [2.05, 4.69) is 27.6 Å². The average molecular weight is 315 g/mol. The van der Waals surface area contributed by atoms with Crippen molar-refractivity contribution in [1.29, 1.82) is 0 Å². The van der Waals surface area contributed by atoms with E-state index in [1.54, 1.807) is 0 Å². The van der Waals surface area contributed by atoms with Gasteiger partial charge in [0.05, 0.1) is 12.6 Å². The van der Waals surface area contributed by atoms with Gasteiger partial charge in [0, 0.05) is 18.4 Å².